The van der Waals surface area contributed by atoms with Crippen molar-refractivity contribution in [2.24, 2.45) is 0 Å². The molecule has 2 nitrogen and oxygen atoms in total. The molecule has 0 bridgehead atoms. The summed E-state index contributed by atoms with van der Waals surface area (Å²) in [4.78, 5) is 4.55. The number of rotatable bonds is 0. The van der Waals surface area contributed by atoms with Gasteiger partial charge >= 0.3 is 0 Å². The van der Waals surface area contributed by atoms with Gasteiger partial charge in [0.25, 0.3) is 0 Å². The predicted octanol–water partition coefficient (Wildman–Crippen LogP) is 5.70. The van der Waals surface area contributed by atoms with Crippen molar-refractivity contribution in [1.82, 2.24) is 9.38 Å². The molecule has 0 N–H and O–H groups in total. The first kappa shape index (κ1) is 13.8. The highest BCUT2D eigenvalue weighted by molar-refractivity contribution is 9.10. The fourth-order valence-corrected chi connectivity index (χ4v) is 3.73. The van der Waals surface area contributed by atoms with E-state index in [2.05, 4.69) is 82.5 Å². The number of fused-ring (bicyclic) bond motifs is 6. The number of halogens is 1. The van der Waals surface area contributed by atoms with Crippen LogP contribution in [0.25, 0.3) is 27.3 Å². The van der Waals surface area contributed by atoms with E-state index >= 15 is 0 Å². The van der Waals surface area contributed by atoms with Gasteiger partial charge in [0.05, 0.1) is 5.52 Å². The molecular weight excluding hydrogens is 336 g/mol. The molecule has 0 radical (unpaired) electrons. The molecule has 0 amide bonds. The van der Waals surface area contributed by atoms with Gasteiger partial charge in [-0.15, -0.1) is 0 Å². The molecule has 2 aromatic heterocycles. The lowest BCUT2D eigenvalue weighted by molar-refractivity contribution is 0.591. The molecule has 0 aliphatic heterocycles. The van der Waals surface area contributed by atoms with Crippen LogP contribution < -0.4 is 0 Å². The van der Waals surface area contributed by atoms with E-state index in [0.29, 0.717) is 0 Å². The molecule has 4 aromatic rings. The molecule has 0 fully saturated rings. The lowest BCUT2D eigenvalue weighted by atomic mass is 9.86. The van der Waals surface area contributed by atoms with E-state index in [1.54, 1.807) is 0 Å². The molecule has 4 rings (SSSR count). The first-order valence-electron chi connectivity index (χ1n) is 7.44. The molecule has 0 saturated heterocycles. The van der Waals surface area contributed by atoms with Gasteiger partial charge in [0.2, 0.25) is 0 Å². The summed E-state index contributed by atoms with van der Waals surface area (Å²) < 4.78 is 3.29. The van der Waals surface area contributed by atoms with Crippen molar-refractivity contribution in [3.05, 3.63) is 58.8 Å². The second-order valence-corrected chi connectivity index (χ2v) is 7.63. The summed E-state index contributed by atoms with van der Waals surface area (Å²) in [6.45, 7) is 6.75. The van der Waals surface area contributed by atoms with Crippen LogP contribution in [0.1, 0.15) is 26.3 Å². The summed E-state index contributed by atoms with van der Waals surface area (Å²) in [6.07, 6.45) is 3.90. The van der Waals surface area contributed by atoms with Crippen molar-refractivity contribution in [1.29, 1.82) is 0 Å². The summed E-state index contributed by atoms with van der Waals surface area (Å²) >= 11 is 3.78. The zero-order chi connectivity index (χ0) is 15.5. The van der Waals surface area contributed by atoms with Crippen LogP contribution in [0.15, 0.2) is 53.3 Å². The Morgan fingerprint density at radius 1 is 1.00 bits per heavy atom. The quantitative estimate of drug-likeness (QED) is 0.371. The number of aromatic nitrogens is 2. The Morgan fingerprint density at radius 3 is 2.45 bits per heavy atom. The number of hydrogen-bond acceptors (Lipinski definition) is 1. The Hall–Kier alpha value is -1.87. The summed E-state index contributed by atoms with van der Waals surface area (Å²) in [5, 5.41) is 3.71. The van der Waals surface area contributed by atoms with Crippen LogP contribution in [0.2, 0.25) is 0 Å². The first-order chi connectivity index (χ1) is 10.5. The van der Waals surface area contributed by atoms with E-state index in [1.807, 2.05) is 12.4 Å². The Labute approximate surface area is 137 Å². The highest BCUT2D eigenvalue weighted by Gasteiger charge is 2.18. The highest BCUT2D eigenvalue weighted by Crippen LogP contribution is 2.36. The maximum atomic E-state index is 4.55. The Balaban J connectivity index is 2.31. The van der Waals surface area contributed by atoms with Crippen molar-refractivity contribution in [3.63, 3.8) is 0 Å². The maximum Gasteiger partial charge on any atom is 0.145 e. The minimum Gasteiger partial charge on any atom is -0.298 e. The second kappa shape index (κ2) is 4.56. The number of imidazole rings is 1. The number of nitrogens with zero attached hydrogens (tertiary/aromatic N) is 2. The monoisotopic (exact) mass is 352 g/mol. The van der Waals surface area contributed by atoms with Gasteiger partial charge in [-0.1, -0.05) is 45.0 Å². The zero-order valence-corrected chi connectivity index (χ0v) is 14.5. The molecule has 0 atom stereocenters. The standard InChI is InChI=1S/C19H17BrN2/c1-19(2,3)12-10-15-13-6-4-5-7-14(13)18-21-8-9-22(18)17(15)16(20)11-12/h4-11H,1-3H3. The smallest absolute Gasteiger partial charge is 0.145 e. The molecule has 0 unspecified atom stereocenters. The predicted molar refractivity (Wildman–Crippen MR) is 96.6 cm³/mol. The van der Waals surface area contributed by atoms with Crippen LogP contribution in [0.5, 0.6) is 0 Å². The molecule has 22 heavy (non-hydrogen) atoms. The molecular formula is C19H17BrN2. The van der Waals surface area contributed by atoms with Gasteiger partial charge in [0.15, 0.2) is 0 Å². The van der Waals surface area contributed by atoms with E-state index in [1.165, 1.54) is 27.2 Å². The summed E-state index contributed by atoms with van der Waals surface area (Å²) in [6, 6.07) is 13.1. The minimum absolute atomic E-state index is 0.113. The third-order valence-corrected chi connectivity index (χ3v) is 4.87. The minimum atomic E-state index is 0.113. The van der Waals surface area contributed by atoms with Crippen LogP contribution in [0.3, 0.4) is 0 Å². The van der Waals surface area contributed by atoms with Crippen LogP contribution >= 0.6 is 15.9 Å². The number of pyridine rings is 1. The van der Waals surface area contributed by atoms with Gasteiger partial charge in [0.1, 0.15) is 5.65 Å². The normalized spacial score (nSPS) is 12.5. The molecule has 0 spiro atoms. The highest BCUT2D eigenvalue weighted by atomic mass is 79.9. The van der Waals surface area contributed by atoms with Crippen LogP contribution in [-0.4, -0.2) is 9.38 Å². The molecule has 3 heteroatoms. The molecule has 2 heterocycles. The Morgan fingerprint density at radius 2 is 1.73 bits per heavy atom. The average Bonchev–Trinajstić information content (AvgIpc) is 2.95. The van der Waals surface area contributed by atoms with Crippen molar-refractivity contribution in [3.8, 4) is 0 Å². The van der Waals surface area contributed by atoms with Crippen LogP contribution in [0.4, 0.5) is 0 Å². The SMILES string of the molecule is CC(C)(C)c1cc(Br)c2c(c1)c1ccccc1c1nccn12. The summed E-state index contributed by atoms with van der Waals surface area (Å²) in [5.41, 5.74) is 3.63. The first-order valence-corrected chi connectivity index (χ1v) is 8.23. The molecule has 0 saturated carbocycles. The topological polar surface area (TPSA) is 17.3 Å². The molecule has 2 aromatic carbocycles. The number of hydrogen-bond donors (Lipinski definition) is 0. The fourth-order valence-electron chi connectivity index (χ4n) is 3.08. The van der Waals surface area contributed by atoms with Gasteiger partial charge < -0.3 is 0 Å². The molecule has 110 valence electrons. The lowest BCUT2D eigenvalue weighted by Crippen LogP contribution is -2.11. The van der Waals surface area contributed by atoms with Gasteiger partial charge in [-0.3, -0.25) is 4.40 Å². The van der Waals surface area contributed by atoms with Crippen LogP contribution in [-0.2, 0) is 5.41 Å². The number of benzene rings is 2. The molecule has 0 aliphatic carbocycles. The fraction of sp³-hybridized carbons (Fsp3) is 0.211. The zero-order valence-electron chi connectivity index (χ0n) is 12.9. The lowest BCUT2D eigenvalue weighted by Gasteiger charge is -2.21. The van der Waals surface area contributed by atoms with E-state index in [-0.39, 0.29) is 5.41 Å². The van der Waals surface area contributed by atoms with Gasteiger partial charge in [-0.05, 0) is 44.4 Å². The van der Waals surface area contributed by atoms with Gasteiger partial charge in [-0.2, -0.15) is 0 Å². The summed E-state index contributed by atoms with van der Waals surface area (Å²) in [5.74, 6) is 0. The van der Waals surface area contributed by atoms with E-state index < -0.39 is 0 Å². The third kappa shape index (κ3) is 1.88. The van der Waals surface area contributed by atoms with Crippen molar-refractivity contribution < 1.29 is 0 Å². The molecule has 0 aliphatic rings. The van der Waals surface area contributed by atoms with Gasteiger partial charge in [0, 0.05) is 27.6 Å². The van der Waals surface area contributed by atoms with E-state index in [4.69, 9.17) is 0 Å². The van der Waals surface area contributed by atoms with Crippen molar-refractivity contribution in [2.75, 3.05) is 0 Å². The second-order valence-electron chi connectivity index (χ2n) is 6.77. The largest absolute Gasteiger partial charge is 0.298 e. The van der Waals surface area contributed by atoms with Crippen molar-refractivity contribution in [2.45, 2.75) is 26.2 Å². The average molecular weight is 353 g/mol. The maximum absolute atomic E-state index is 4.55. The van der Waals surface area contributed by atoms with Crippen LogP contribution in [0, 0.1) is 0 Å². The van der Waals surface area contributed by atoms with Crippen molar-refractivity contribution >= 4 is 43.3 Å². The van der Waals surface area contributed by atoms with E-state index in [9.17, 15) is 0 Å². The summed E-state index contributed by atoms with van der Waals surface area (Å²) in [7, 11) is 0. The third-order valence-electron chi connectivity index (χ3n) is 4.27. The Bertz CT molecular complexity index is 1020. The van der Waals surface area contributed by atoms with E-state index in [0.717, 1.165) is 10.1 Å². The van der Waals surface area contributed by atoms with Gasteiger partial charge in [-0.25, -0.2) is 4.98 Å². The Kier molecular flexibility index (Phi) is 2.85.